The molecule has 0 spiro atoms. The summed E-state index contributed by atoms with van der Waals surface area (Å²) >= 11 is 0. The Morgan fingerprint density at radius 1 is 1.08 bits per heavy atom. The van der Waals surface area contributed by atoms with Gasteiger partial charge in [0.15, 0.2) is 0 Å². The van der Waals surface area contributed by atoms with E-state index < -0.39 is 0 Å². The molecule has 136 valence electrons. The van der Waals surface area contributed by atoms with Crippen LogP contribution in [0.3, 0.4) is 0 Å². The first-order valence-electron chi connectivity index (χ1n) is 9.62. The molecule has 0 radical (unpaired) electrons. The predicted molar refractivity (Wildman–Crippen MR) is 123 cm³/mol. The molecular weight excluding hydrogens is 350 g/mol. The molecule has 0 bridgehead atoms. The molecule has 1 heterocycles. The van der Waals surface area contributed by atoms with Gasteiger partial charge in [0, 0.05) is 0 Å². The first-order chi connectivity index (χ1) is 12.7. The summed E-state index contributed by atoms with van der Waals surface area (Å²) in [6.07, 6.45) is 8.86. The number of benzene rings is 2. The Labute approximate surface area is 161 Å². The van der Waals surface area contributed by atoms with Crippen molar-refractivity contribution in [3.63, 3.8) is 0 Å². The Kier molecular flexibility index (Phi) is 6.86. The highest BCUT2D eigenvalue weighted by Crippen LogP contribution is 2.50. The average molecular weight is 380 g/mol. The molecule has 26 heavy (non-hydrogen) atoms. The lowest BCUT2D eigenvalue weighted by Crippen LogP contribution is -2.29. The number of allylic oxidation sites excluding steroid dienone is 2. The van der Waals surface area contributed by atoms with Crippen molar-refractivity contribution in [2.24, 2.45) is 0 Å². The Balaban J connectivity index is 2.02. The van der Waals surface area contributed by atoms with Gasteiger partial charge in [-0.25, -0.2) is 0 Å². The van der Waals surface area contributed by atoms with E-state index in [0.717, 1.165) is 18.2 Å². The molecule has 0 aromatic heterocycles. The smallest absolute Gasteiger partial charge is 0.0105 e. The number of fused-ring (bicyclic) bond motifs is 1. The fourth-order valence-electron chi connectivity index (χ4n) is 4.01. The molecule has 0 saturated carbocycles. The molecule has 1 aliphatic heterocycles. The largest absolute Gasteiger partial charge is 0.103 e. The monoisotopic (exact) mass is 380 g/mol. The summed E-state index contributed by atoms with van der Waals surface area (Å²) in [6.45, 7) is 12.9. The van der Waals surface area contributed by atoms with Crippen LogP contribution in [0.25, 0.3) is 0 Å². The molecule has 2 aromatic carbocycles. The van der Waals surface area contributed by atoms with E-state index in [4.69, 9.17) is 0 Å². The van der Waals surface area contributed by atoms with Crippen molar-refractivity contribution >= 4 is 31.8 Å². The second-order valence-electron chi connectivity index (χ2n) is 7.20. The molecule has 1 aliphatic rings. The third-order valence-electron chi connectivity index (χ3n) is 5.30. The van der Waals surface area contributed by atoms with Crippen LogP contribution in [0.4, 0.5) is 0 Å². The van der Waals surface area contributed by atoms with Crippen LogP contribution < -0.4 is 15.9 Å². The van der Waals surface area contributed by atoms with Crippen LogP contribution >= 0.6 is 15.8 Å². The van der Waals surface area contributed by atoms with Gasteiger partial charge in [-0.2, -0.15) is 0 Å². The Bertz CT molecular complexity index is 764. The quantitative estimate of drug-likeness (QED) is 0.406. The van der Waals surface area contributed by atoms with Crippen molar-refractivity contribution < 1.29 is 0 Å². The summed E-state index contributed by atoms with van der Waals surface area (Å²) in [4.78, 5) is 0. The molecule has 2 aromatic rings. The van der Waals surface area contributed by atoms with Gasteiger partial charge in [0.25, 0.3) is 0 Å². The number of rotatable bonds is 8. The zero-order chi connectivity index (χ0) is 18.5. The Morgan fingerprint density at radius 2 is 1.77 bits per heavy atom. The fraction of sp³-hybridized carbons (Fsp3) is 0.333. The zero-order valence-corrected chi connectivity index (χ0v) is 17.9. The van der Waals surface area contributed by atoms with Crippen LogP contribution in [0.2, 0.25) is 0 Å². The lowest BCUT2D eigenvalue weighted by atomic mass is 10.1. The predicted octanol–water partition coefficient (Wildman–Crippen LogP) is 5.71. The second-order valence-corrected chi connectivity index (χ2v) is 12.4. The van der Waals surface area contributed by atoms with Gasteiger partial charge < -0.3 is 0 Å². The van der Waals surface area contributed by atoms with Gasteiger partial charge in [-0.1, -0.05) is 82.5 Å². The summed E-state index contributed by atoms with van der Waals surface area (Å²) in [7, 11) is -0.481. The van der Waals surface area contributed by atoms with Crippen molar-refractivity contribution in [3.8, 4) is 0 Å². The highest BCUT2D eigenvalue weighted by Gasteiger charge is 2.33. The van der Waals surface area contributed by atoms with Gasteiger partial charge in [-0.3, -0.25) is 0 Å². The maximum atomic E-state index is 4.07. The number of hydrogen-bond donors (Lipinski definition) is 0. The normalized spacial score (nSPS) is 21.0. The van der Waals surface area contributed by atoms with Crippen molar-refractivity contribution in [2.45, 2.75) is 44.4 Å². The van der Waals surface area contributed by atoms with Crippen molar-refractivity contribution in [2.75, 3.05) is 6.16 Å². The first-order valence-corrected chi connectivity index (χ1v) is 12.6. The Morgan fingerprint density at radius 3 is 2.50 bits per heavy atom. The molecule has 4 atom stereocenters. The van der Waals surface area contributed by atoms with E-state index in [2.05, 4.69) is 87.7 Å². The van der Waals surface area contributed by atoms with E-state index in [1.807, 2.05) is 0 Å². The van der Waals surface area contributed by atoms with Crippen LogP contribution in [0.1, 0.15) is 32.3 Å². The van der Waals surface area contributed by atoms with E-state index in [1.54, 1.807) is 21.5 Å². The lowest BCUT2D eigenvalue weighted by molar-refractivity contribution is 0.825. The molecule has 2 heteroatoms. The topological polar surface area (TPSA) is 0 Å². The van der Waals surface area contributed by atoms with Gasteiger partial charge in [0.2, 0.25) is 0 Å². The van der Waals surface area contributed by atoms with Crippen LogP contribution in [-0.2, 0) is 6.42 Å². The lowest BCUT2D eigenvalue weighted by Gasteiger charge is -2.29. The summed E-state index contributed by atoms with van der Waals surface area (Å²) in [5.74, 6) is 0. The first kappa shape index (κ1) is 19.5. The van der Waals surface area contributed by atoms with Crippen LogP contribution in [0.5, 0.6) is 0 Å². The SMILES string of the molecule is C=CCCC(C)P(CC=C)c1ccccc1P1c2ccccc2CC1C. The summed E-state index contributed by atoms with van der Waals surface area (Å²) in [5, 5.41) is 4.85. The van der Waals surface area contributed by atoms with Crippen LogP contribution in [-0.4, -0.2) is 17.5 Å². The fourth-order valence-corrected chi connectivity index (χ4v) is 10.0. The maximum Gasteiger partial charge on any atom is -0.0105 e. The van der Waals surface area contributed by atoms with E-state index in [0.29, 0.717) is 5.66 Å². The highest BCUT2D eigenvalue weighted by molar-refractivity contribution is 7.77. The molecule has 0 nitrogen and oxygen atoms in total. The van der Waals surface area contributed by atoms with Crippen molar-refractivity contribution in [1.82, 2.24) is 0 Å². The van der Waals surface area contributed by atoms with Gasteiger partial charge in [0.1, 0.15) is 0 Å². The summed E-state index contributed by atoms with van der Waals surface area (Å²) in [6, 6.07) is 18.4. The summed E-state index contributed by atoms with van der Waals surface area (Å²) in [5.41, 5.74) is 2.99. The summed E-state index contributed by atoms with van der Waals surface area (Å²) < 4.78 is 0. The van der Waals surface area contributed by atoms with Crippen LogP contribution in [0.15, 0.2) is 73.8 Å². The van der Waals surface area contributed by atoms with E-state index in [1.165, 1.54) is 12.8 Å². The molecule has 0 N–H and O–H groups in total. The molecule has 4 unspecified atom stereocenters. The molecular formula is C24H30P2. The van der Waals surface area contributed by atoms with E-state index >= 15 is 0 Å². The van der Waals surface area contributed by atoms with Gasteiger partial charge in [-0.05, 0) is 66.1 Å². The van der Waals surface area contributed by atoms with Gasteiger partial charge in [-0.15, -0.1) is 13.2 Å². The minimum Gasteiger partial charge on any atom is -0.103 e. The molecule has 0 fully saturated rings. The van der Waals surface area contributed by atoms with E-state index in [-0.39, 0.29) is 15.8 Å². The zero-order valence-electron chi connectivity index (χ0n) is 16.1. The highest BCUT2D eigenvalue weighted by atomic mass is 31.1. The standard InChI is InChI=1S/C24H30P2/c1-5-7-12-19(3)25(17-6-2)23-15-10-11-16-24(23)26-20(4)18-21-13-8-9-14-22(21)26/h5-6,8-11,13-16,19-20H,1-2,7,12,17-18H2,3-4H3. The minimum atomic E-state index is -0.257. The molecule has 3 rings (SSSR count). The molecule has 0 amide bonds. The average Bonchev–Trinajstić information content (AvgIpc) is 3.00. The van der Waals surface area contributed by atoms with E-state index in [9.17, 15) is 0 Å². The molecule has 0 aliphatic carbocycles. The second kappa shape index (κ2) is 9.12. The minimum absolute atomic E-state index is 0.224. The van der Waals surface area contributed by atoms with Crippen molar-refractivity contribution in [3.05, 3.63) is 79.4 Å². The molecule has 0 saturated heterocycles. The van der Waals surface area contributed by atoms with Crippen LogP contribution in [0, 0.1) is 0 Å². The number of hydrogen-bond acceptors (Lipinski definition) is 0. The third kappa shape index (κ3) is 4.03. The third-order valence-corrected chi connectivity index (χ3v) is 11.4. The van der Waals surface area contributed by atoms with Crippen molar-refractivity contribution in [1.29, 1.82) is 0 Å². The van der Waals surface area contributed by atoms with Gasteiger partial charge >= 0.3 is 0 Å². The Hall–Kier alpha value is -1.22. The maximum absolute atomic E-state index is 4.07. The van der Waals surface area contributed by atoms with Gasteiger partial charge in [0.05, 0.1) is 0 Å².